The van der Waals surface area contributed by atoms with Crippen molar-refractivity contribution in [2.24, 2.45) is 0 Å². The monoisotopic (exact) mass is 305 g/mol. The quantitative estimate of drug-likeness (QED) is 0.758. The van der Waals surface area contributed by atoms with E-state index >= 15 is 0 Å². The van der Waals surface area contributed by atoms with Crippen LogP contribution in [0.4, 0.5) is 0 Å². The molecule has 1 aromatic carbocycles. The van der Waals surface area contributed by atoms with Gasteiger partial charge in [-0.3, -0.25) is 0 Å². The number of halogens is 2. The molecule has 2 rings (SSSR count). The summed E-state index contributed by atoms with van der Waals surface area (Å²) >= 11 is 8.10. The summed E-state index contributed by atoms with van der Waals surface area (Å²) in [4.78, 5) is 0. The van der Waals surface area contributed by atoms with E-state index in [-0.39, 0.29) is 0 Å². The Labute approximate surface area is 93.8 Å². The van der Waals surface area contributed by atoms with E-state index in [2.05, 4.69) is 32.9 Å². The van der Waals surface area contributed by atoms with E-state index in [1.807, 2.05) is 18.2 Å². The van der Waals surface area contributed by atoms with Gasteiger partial charge in [-0.15, -0.1) is 5.10 Å². The molecule has 2 aromatic rings. The fourth-order valence-electron chi connectivity index (χ4n) is 0.998. The van der Waals surface area contributed by atoms with Crippen LogP contribution in [-0.2, 0) is 0 Å². The molecule has 1 heterocycles. The van der Waals surface area contributed by atoms with Crippen molar-refractivity contribution in [1.82, 2.24) is 15.0 Å². The minimum atomic E-state index is 0.700. The van der Waals surface area contributed by atoms with E-state index in [1.54, 1.807) is 17.1 Å². The van der Waals surface area contributed by atoms with Crippen LogP contribution in [0.3, 0.4) is 0 Å². The lowest BCUT2D eigenvalue weighted by Crippen LogP contribution is -1.97. The summed E-state index contributed by atoms with van der Waals surface area (Å²) in [5.74, 6) is 0. The lowest BCUT2D eigenvalue weighted by molar-refractivity contribution is 0.800. The van der Waals surface area contributed by atoms with Crippen molar-refractivity contribution < 1.29 is 0 Å². The molecule has 13 heavy (non-hydrogen) atoms. The number of benzene rings is 1. The highest BCUT2D eigenvalue weighted by Gasteiger charge is 2.02. The molecule has 0 spiro atoms. The lowest BCUT2D eigenvalue weighted by atomic mass is 10.3. The van der Waals surface area contributed by atoms with Crippen LogP contribution < -0.4 is 0 Å². The Morgan fingerprint density at radius 1 is 1.38 bits per heavy atom. The SMILES string of the molecule is Clc1ccc(I)c(-n2ccnn2)c1. The van der Waals surface area contributed by atoms with E-state index in [0.29, 0.717) is 5.02 Å². The van der Waals surface area contributed by atoms with Gasteiger partial charge in [-0.05, 0) is 40.8 Å². The van der Waals surface area contributed by atoms with Crippen LogP contribution in [-0.4, -0.2) is 15.0 Å². The van der Waals surface area contributed by atoms with Crippen LogP contribution in [0, 0.1) is 3.57 Å². The molecule has 0 aliphatic carbocycles. The minimum absolute atomic E-state index is 0.700. The van der Waals surface area contributed by atoms with Crippen LogP contribution in [0.15, 0.2) is 30.6 Å². The Bertz CT molecular complexity index is 413. The minimum Gasteiger partial charge on any atom is -0.220 e. The standard InChI is InChI=1S/C8H5ClIN3/c9-6-1-2-7(10)8(5-6)13-4-3-11-12-13/h1-5H. The van der Waals surface area contributed by atoms with Gasteiger partial charge < -0.3 is 0 Å². The molecule has 5 heteroatoms. The second-order valence-electron chi connectivity index (χ2n) is 2.44. The molecular formula is C8H5ClIN3. The molecule has 66 valence electrons. The van der Waals surface area contributed by atoms with E-state index in [1.165, 1.54) is 0 Å². The van der Waals surface area contributed by atoms with Crippen LogP contribution >= 0.6 is 34.2 Å². The van der Waals surface area contributed by atoms with Crippen molar-refractivity contribution in [3.05, 3.63) is 39.2 Å². The Morgan fingerprint density at radius 2 is 2.23 bits per heavy atom. The van der Waals surface area contributed by atoms with Crippen LogP contribution in [0.5, 0.6) is 0 Å². The Morgan fingerprint density at radius 3 is 2.92 bits per heavy atom. The van der Waals surface area contributed by atoms with Gasteiger partial charge in [-0.25, -0.2) is 4.68 Å². The number of hydrogen-bond acceptors (Lipinski definition) is 2. The summed E-state index contributed by atoms with van der Waals surface area (Å²) in [6, 6.07) is 5.65. The highest BCUT2D eigenvalue weighted by molar-refractivity contribution is 14.1. The first-order valence-corrected chi connectivity index (χ1v) is 5.05. The van der Waals surface area contributed by atoms with Crippen molar-refractivity contribution in [2.45, 2.75) is 0 Å². The van der Waals surface area contributed by atoms with Crippen molar-refractivity contribution in [3.8, 4) is 5.69 Å². The van der Waals surface area contributed by atoms with E-state index in [9.17, 15) is 0 Å². The van der Waals surface area contributed by atoms with Gasteiger partial charge in [-0.1, -0.05) is 16.8 Å². The second-order valence-corrected chi connectivity index (χ2v) is 4.04. The molecule has 0 unspecified atom stereocenters. The topological polar surface area (TPSA) is 30.7 Å². The summed E-state index contributed by atoms with van der Waals surface area (Å²) in [7, 11) is 0. The first-order chi connectivity index (χ1) is 6.27. The molecule has 0 aliphatic heterocycles. The van der Waals surface area contributed by atoms with E-state index in [4.69, 9.17) is 11.6 Å². The second kappa shape index (κ2) is 3.63. The van der Waals surface area contributed by atoms with Gasteiger partial charge in [0, 0.05) is 8.59 Å². The summed E-state index contributed by atoms with van der Waals surface area (Å²) in [5, 5.41) is 8.33. The molecule has 0 radical (unpaired) electrons. The maximum absolute atomic E-state index is 5.87. The highest BCUT2D eigenvalue weighted by atomic mass is 127. The zero-order valence-corrected chi connectivity index (χ0v) is 9.40. The van der Waals surface area contributed by atoms with Crippen molar-refractivity contribution in [1.29, 1.82) is 0 Å². The van der Waals surface area contributed by atoms with Crippen LogP contribution in [0.25, 0.3) is 5.69 Å². The fraction of sp³-hybridized carbons (Fsp3) is 0. The maximum atomic E-state index is 5.87. The van der Waals surface area contributed by atoms with E-state index < -0.39 is 0 Å². The molecule has 0 fully saturated rings. The third kappa shape index (κ3) is 1.83. The molecule has 0 atom stereocenters. The third-order valence-electron chi connectivity index (χ3n) is 1.58. The average molecular weight is 306 g/mol. The van der Waals surface area contributed by atoms with Crippen molar-refractivity contribution in [2.75, 3.05) is 0 Å². The fourth-order valence-corrected chi connectivity index (χ4v) is 1.75. The predicted octanol–water partition coefficient (Wildman–Crippen LogP) is 2.53. The van der Waals surface area contributed by atoms with Gasteiger partial charge in [0.15, 0.2) is 0 Å². The van der Waals surface area contributed by atoms with Gasteiger partial charge in [0.05, 0.1) is 18.1 Å². The van der Waals surface area contributed by atoms with Gasteiger partial charge in [0.1, 0.15) is 0 Å². The first-order valence-electron chi connectivity index (χ1n) is 3.59. The van der Waals surface area contributed by atoms with Crippen LogP contribution in [0.2, 0.25) is 5.02 Å². The zero-order valence-electron chi connectivity index (χ0n) is 6.48. The van der Waals surface area contributed by atoms with Crippen molar-refractivity contribution in [3.63, 3.8) is 0 Å². The Kier molecular flexibility index (Phi) is 2.50. The lowest BCUT2D eigenvalue weighted by Gasteiger charge is -2.03. The van der Waals surface area contributed by atoms with Gasteiger partial charge in [-0.2, -0.15) is 0 Å². The van der Waals surface area contributed by atoms with Crippen LogP contribution in [0.1, 0.15) is 0 Å². The van der Waals surface area contributed by atoms with Gasteiger partial charge in [0.2, 0.25) is 0 Å². The molecule has 0 bridgehead atoms. The Hall–Kier alpha value is -0.620. The first kappa shape index (κ1) is 8.96. The molecule has 1 aromatic heterocycles. The Balaban J connectivity index is 2.57. The summed E-state index contributed by atoms with van der Waals surface area (Å²) < 4.78 is 2.78. The highest BCUT2D eigenvalue weighted by Crippen LogP contribution is 2.20. The molecule has 3 nitrogen and oxygen atoms in total. The average Bonchev–Trinajstić information content (AvgIpc) is 2.61. The van der Waals surface area contributed by atoms with E-state index in [0.717, 1.165) is 9.26 Å². The number of aromatic nitrogens is 3. The smallest absolute Gasteiger partial charge is 0.0811 e. The predicted molar refractivity (Wildman–Crippen MR) is 59.1 cm³/mol. The van der Waals surface area contributed by atoms with Gasteiger partial charge >= 0.3 is 0 Å². The number of rotatable bonds is 1. The summed E-state index contributed by atoms with van der Waals surface area (Å²) in [5.41, 5.74) is 0.950. The molecule has 0 saturated carbocycles. The molecule has 0 saturated heterocycles. The zero-order chi connectivity index (χ0) is 9.26. The van der Waals surface area contributed by atoms with Crippen molar-refractivity contribution >= 4 is 34.2 Å². The largest absolute Gasteiger partial charge is 0.220 e. The summed E-state index contributed by atoms with van der Waals surface area (Å²) in [6.45, 7) is 0. The third-order valence-corrected chi connectivity index (χ3v) is 2.72. The van der Waals surface area contributed by atoms with Gasteiger partial charge in [0.25, 0.3) is 0 Å². The molecular weight excluding hydrogens is 300 g/mol. The molecule has 0 amide bonds. The summed E-state index contributed by atoms with van der Waals surface area (Å²) in [6.07, 6.45) is 3.42. The maximum Gasteiger partial charge on any atom is 0.0811 e. The molecule has 0 aliphatic rings. The number of hydrogen-bond donors (Lipinski definition) is 0. The molecule has 0 N–H and O–H groups in total. The normalized spacial score (nSPS) is 10.3. The number of nitrogens with zero attached hydrogens (tertiary/aromatic N) is 3.